The summed E-state index contributed by atoms with van der Waals surface area (Å²) in [7, 11) is -3.82. The second-order valence-corrected chi connectivity index (χ2v) is 21.6. The topological polar surface area (TPSA) is 39.1 Å². The lowest BCUT2D eigenvalue weighted by molar-refractivity contribution is 0.579. The molecule has 14 rings (SSSR count). The van der Waals surface area contributed by atoms with Gasteiger partial charge in [0.1, 0.15) is 0 Å². The molecule has 4 heteroatoms. The molecule has 0 bridgehead atoms. The zero-order chi connectivity index (χ0) is 48.1. The van der Waals surface area contributed by atoms with E-state index in [1.807, 2.05) is 66.7 Å². The molecule has 342 valence electrons. The van der Waals surface area contributed by atoms with Gasteiger partial charge in [0.25, 0.3) is 0 Å². The summed E-state index contributed by atoms with van der Waals surface area (Å²) in [5, 5.41) is 4.85. The number of aromatic nitrogens is 1. The van der Waals surface area contributed by atoms with Crippen LogP contribution in [0.15, 0.2) is 252 Å². The molecule has 1 aliphatic heterocycles. The van der Waals surface area contributed by atoms with Crippen LogP contribution in [0.3, 0.4) is 0 Å². The zero-order valence-corrected chi connectivity index (χ0v) is 40.5. The molecule has 1 aliphatic carbocycles. The smallest absolute Gasteiger partial charge is 0.207 e. The van der Waals surface area contributed by atoms with Gasteiger partial charge < -0.3 is 4.57 Å². The van der Waals surface area contributed by atoms with Crippen molar-refractivity contribution in [1.29, 1.82) is 0 Å². The molecule has 11 aromatic carbocycles. The highest BCUT2D eigenvalue weighted by Gasteiger charge is 2.48. The van der Waals surface area contributed by atoms with Crippen LogP contribution in [0.5, 0.6) is 0 Å². The van der Waals surface area contributed by atoms with E-state index < -0.39 is 15.3 Å². The molecule has 0 amide bonds. The van der Waals surface area contributed by atoms with Crippen LogP contribution in [0, 0.1) is 6.92 Å². The number of fused-ring (bicyclic) bond motifs is 8. The molecule has 0 atom stereocenters. The quantitative estimate of drug-likeness (QED) is 0.167. The van der Waals surface area contributed by atoms with Gasteiger partial charge in [-0.05, 0) is 169 Å². The van der Waals surface area contributed by atoms with Crippen molar-refractivity contribution in [1.82, 2.24) is 4.57 Å². The predicted molar refractivity (Wildman–Crippen MR) is 295 cm³/mol. The molecule has 0 radical (unpaired) electrons. The zero-order valence-electron chi connectivity index (χ0n) is 39.7. The van der Waals surface area contributed by atoms with Crippen molar-refractivity contribution in [3.8, 4) is 39.1 Å². The Kier molecular flexibility index (Phi) is 9.55. The second-order valence-electron chi connectivity index (χ2n) is 19.7. The number of sulfone groups is 1. The van der Waals surface area contributed by atoms with Crippen LogP contribution in [-0.4, -0.2) is 13.0 Å². The molecule has 2 aliphatic rings. The number of nitrogens with zero attached hydrogens (tertiary/aromatic N) is 1. The van der Waals surface area contributed by atoms with Crippen molar-refractivity contribution in [2.24, 2.45) is 0 Å². The van der Waals surface area contributed by atoms with Crippen LogP contribution in [0.2, 0.25) is 0 Å². The highest BCUT2D eigenvalue weighted by atomic mass is 32.2. The molecule has 3 nitrogen and oxygen atoms in total. The summed E-state index contributed by atoms with van der Waals surface area (Å²) >= 11 is 0. The van der Waals surface area contributed by atoms with Gasteiger partial charge in [-0.25, -0.2) is 8.42 Å². The van der Waals surface area contributed by atoms with Crippen molar-refractivity contribution in [2.75, 3.05) is 0 Å². The maximum atomic E-state index is 14.6. The molecule has 0 fully saturated rings. The van der Waals surface area contributed by atoms with Crippen molar-refractivity contribution in [2.45, 2.75) is 35.0 Å². The standard InChI is InChI=1S/C68H47NO2S/c1-44-21-23-46(24-22-44)51-29-33-65-61(42-51)60-41-50(45-13-5-2-6-14-45)28-32-64(60)69(65)59-31-27-49-37-54-38-53-35-47(25-26-48(53)36-55(54)39-56(49)40-59)52-30-34-67-63(43-52)68(57-15-7-3-8-16-57,58-17-9-4-10-18-58)62-19-11-12-20-66(62)72(67,70)71/h2-36,38,40-43H,37,39H2,1H3. The minimum absolute atomic E-state index is 0.344. The van der Waals surface area contributed by atoms with Gasteiger partial charge in [-0.1, -0.05) is 188 Å². The molecule has 0 saturated heterocycles. The van der Waals surface area contributed by atoms with Gasteiger partial charge in [-0.2, -0.15) is 0 Å². The van der Waals surface area contributed by atoms with Crippen LogP contribution in [0.4, 0.5) is 0 Å². The van der Waals surface area contributed by atoms with Gasteiger partial charge in [-0.3, -0.25) is 0 Å². The average Bonchev–Trinajstić information content (AvgIpc) is 3.76. The van der Waals surface area contributed by atoms with E-state index in [-0.39, 0.29) is 0 Å². The summed E-state index contributed by atoms with van der Waals surface area (Å²) in [5.41, 5.74) is 19.8. The lowest BCUT2D eigenvalue weighted by Gasteiger charge is -2.42. The molecule has 2 heterocycles. The first-order chi connectivity index (χ1) is 35.3. The fourth-order valence-corrected chi connectivity index (χ4v) is 13.9. The van der Waals surface area contributed by atoms with E-state index in [0.29, 0.717) is 9.79 Å². The third-order valence-corrected chi connectivity index (χ3v) is 17.5. The molecule has 12 aromatic rings. The SMILES string of the molecule is Cc1ccc(-c2ccc3c(c2)c2cc(-c4ccccc4)ccc2n3-c2ccc3c(c2)Cc2cc4ccc(-c5ccc6c(c5)C(c5ccccc5)(c5ccccc5)c5ccccc5S6(=O)=O)cc4cc2C3)cc1. The Morgan fingerprint density at radius 1 is 0.375 bits per heavy atom. The van der Waals surface area contributed by atoms with Crippen LogP contribution in [0.25, 0.3) is 71.6 Å². The Labute approximate surface area is 419 Å². The van der Waals surface area contributed by atoms with Crippen LogP contribution >= 0.6 is 0 Å². The number of benzene rings is 11. The van der Waals surface area contributed by atoms with Gasteiger partial charge in [0.2, 0.25) is 9.84 Å². The normalized spacial score (nSPS) is 14.1. The van der Waals surface area contributed by atoms with Gasteiger partial charge in [0, 0.05) is 16.5 Å². The monoisotopic (exact) mass is 941 g/mol. The van der Waals surface area contributed by atoms with Crippen molar-refractivity contribution in [3.05, 3.63) is 293 Å². The number of aryl methyl sites for hydroxylation is 1. The van der Waals surface area contributed by atoms with Gasteiger partial charge in [-0.15, -0.1) is 0 Å². The molecule has 72 heavy (non-hydrogen) atoms. The first-order valence-corrected chi connectivity index (χ1v) is 26.3. The highest BCUT2D eigenvalue weighted by Crippen LogP contribution is 2.54. The largest absolute Gasteiger partial charge is 0.309 e. The Morgan fingerprint density at radius 3 is 1.56 bits per heavy atom. The molecule has 0 saturated carbocycles. The van der Waals surface area contributed by atoms with Crippen molar-refractivity contribution in [3.63, 3.8) is 0 Å². The average molecular weight is 942 g/mol. The minimum Gasteiger partial charge on any atom is -0.309 e. The number of hydrogen-bond donors (Lipinski definition) is 0. The summed E-state index contributed by atoms with van der Waals surface area (Å²) in [6.45, 7) is 2.14. The van der Waals surface area contributed by atoms with E-state index >= 15 is 0 Å². The van der Waals surface area contributed by atoms with E-state index in [9.17, 15) is 8.42 Å². The van der Waals surface area contributed by atoms with Crippen molar-refractivity contribution >= 4 is 42.4 Å². The van der Waals surface area contributed by atoms with Crippen LogP contribution < -0.4 is 0 Å². The molecule has 0 N–H and O–H groups in total. The fourth-order valence-electron chi connectivity index (χ4n) is 12.1. The minimum atomic E-state index is -3.82. The third-order valence-electron chi connectivity index (χ3n) is 15.6. The number of rotatable bonds is 6. The second kappa shape index (κ2) is 16.2. The third kappa shape index (κ3) is 6.52. The molecule has 1 aromatic heterocycles. The molecule has 0 unspecified atom stereocenters. The summed E-state index contributed by atoms with van der Waals surface area (Å²) in [4.78, 5) is 0.695. The van der Waals surface area contributed by atoms with Crippen LogP contribution in [-0.2, 0) is 28.1 Å². The Bertz CT molecular complexity index is 4230. The predicted octanol–water partition coefficient (Wildman–Crippen LogP) is 16.3. The van der Waals surface area contributed by atoms with E-state index in [1.165, 1.54) is 88.3 Å². The van der Waals surface area contributed by atoms with Gasteiger partial charge >= 0.3 is 0 Å². The highest BCUT2D eigenvalue weighted by molar-refractivity contribution is 7.91. The van der Waals surface area contributed by atoms with Gasteiger partial charge in [0.05, 0.1) is 26.2 Å². The lowest BCUT2D eigenvalue weighted by Crippen LogP contribution is -2.37. The summed E-state index contributed by atoms with van der Waals surface area (Å²) < 4.78 is 31.6. The van der Waals surface area contributed by atoms with E-state index in [2.05, 4.69) is 181 Å². The Balaban J connectivity index is 0.848. The van der Waals surface area contributed by atoms with Crippen LogP contribution in [0.1, 0.15) is 50.1 Å². The maximum absolute atomic E-state index is 14.6. The summed E-state index contributed by atoms with van der Waals surface area (Å²) in [6, 6.07) is 86.2. The van der Waals surface area contributed by atoms with Crippen molar-refractivity contribution < 1.29 is 8.42 Å². The lowest BCUT2D eigenvalue weighted by atomic mass is 9.64. The maximum Gasteiger partial charge on any atom is 0.207 e. The first-order valence-electron chi connectivity index (χ1n) is 24.8. The first kappa shape index (κ1) is 42.3. The van der Waals surface area contributed by atoms with E-state index in [0.717, 1.165) is 46.2 Å². The number of hydrogen-bond acceptors (Lipinski definition) is 2. The summed E-state index contributed by atoms with van der Waals surface area (Å²) in [6.07, 6.45) is 1.70. The fraction of sp³-hybridized carbons (Fsp3) is 0.0588. The van der Waals surface area contributed by atoms with E-state index in [4.69, 9.17) is 0 Å². The molecule has 0 spiro atoms. The van der Waals surface area contributed by atoms with E-state index in [1.54, 1.807) is 6.07 Å². The molecular formula is C68H47NO2S. The Hall–Kier alpha value is -8.57. The summed E-state index contributed by atoms with van der Waals surface area (Å²) in [5.74, 6) is 0. The van der Waals surface area contributed by atoms with Gasteiger partial charge in [0.15, 0.2) is 0 Å². The molecular weight excluding hydrogens is 895 g/mol. The Morgan fingerprint density at radius 2 is 0.875 bits per heavy atom.